The molecule has 0 atom stereocenters. The molecule has 0 aromatic carbocycles. The van der Waals surface area contributed by atoms with Crippen LogP contribution in [0.2, 0.25) is 0 Å². The van der Waals surface area contributed by atoms with Crippen LogP contribution in [0.25, 0.3) is 11.0 Å². The first kappa shape index (κ1) is 13.0. The summed E-state index contributed by atoms with van der Waals surface area (Å²) in [6, 6.07) is 0. The van der Waals surface area contributed by atoms with E-state index in [0.29, 0.717) is 5.41 Å². The van der Waals surface area contributed by atoms with E-state index >= 15 is 0 Å². The third-order valence-corrected chi connectivity index (χ3v) is 4.90. The lowest BCUT2D eigenvalue weighted by Gasteiger charge is -2.34. The molecule has 0 unspecified atom stereocenters. The lowest BCUT2D eigenvalue weighted by Crippen LogP contribution is -2.37. The molecule has 5 nitrogen and oxygen atoms in total. The molecule has 0 N–H and O–H groups in total. The Kier molecular flexibility index (Phi) is 2.60. The average molecular weight is 285 g/mol. The molecule has 2 aromatic heterocycles. The molecular weight excluding hydrogens is 262 g/mol. The first-order chi connectivity index (χ1) is 9.99. The molecule has 5 heteroatoms. The number of anilines is 1. The van der Waals surface area contributed by atoms with Crippen molar-refractivity contribution >= 4 is 16.9 Å². The highest BCUT2D eigenvalue weighted by Gasteiger charge is 2.45. The zero-order valence-electron chi connectivity index (χ0n) is 13.1. The monoisotopic (exact) mass is 285 g/mol. The fourth-order valence-electron chi connectivity index (χ4n) is 3.55. The van der Waals surface area contributed by atoms with Gasteiger partial charge >= 0.3 is 0 Å². The van der Waals surface area contributed by atoms with E-state index in [4.69, 9.17) is 0 Å². The highest BCUT2D eigenvalue weighted by molar-refractivity contribution is 5.86. The normalized spacial score (nSPS) is 21.2. The minimum Gasteiger partial charge on any atom is -0.355 e. The summed E-state index contributed by atoms with van der Waals surface area (Å²) >= 11 is 0. The summed E-state index contributed by atoms with van der Waals surface area (Å²) in [6.45, 7) is 8.72. The van der Waals surface area contributed by atoms with Gasteiger partial charge in [-0.1, -0.05) is 0 Å². The minimum atomic E-state index is -0.0625. The fourth-order valence-corrected chi connectivity index (χ4v) is 3.55. The molecule has 1 aliphatic carbocycles. The van der Waals surface area contributed by atoms with Gasteiger partial charge in [0.2, 0.25) is 0 Å². The number of piperidine rings is 1. The summed E-state index contributed by atoms with van der Waals surface area (Å²) < 4.78 is 2.00. The molecule has 1 saturated carbocycles. The van der Waals surface area contributed by atoms with Gasteiger partial charge in [-0.05, 0) is 51.9 Å². The molecular formula is C16H23N5. The van der Waals surface area contributed by atoms with Crippen LogP contribution in [0.5, 0.6) is 0 Å². The van der Waals surface area contributed by atoms with Crippen molar-refractivity contribution in [1.82, 2.24) is 19.7 Å². The fraction of sp³-hybridized carbons (Fsp3) is 0.688. The first-order valence-corrected chi connectivity index (χ1v) is 7.93. The van der Waals surface area contributed by atoms with Gasteiger partial charge < -0.3 is 4.90 Å². The van der Waals surface area contributed by atoms with Crippen LogP contribution in [-0.4, -0.2) is 32.8 Å². The van der Waals surface area contributed by atoms with E-state index in [2.05, 4.69) is 40.7 Å². The van der Waals surface area contributed by atoms with E-state index in [9.17, 15) is 0 Å². The summed E-state index contributed by atoms with van der Waals surface area (Å²) in [5.41, 5.74) is 1.48. The lowest BCUT2D eigenvalue weighted by molar-refractivity contribution is 0.366. The van der Waals surface area contributed by atoms with Crippen LogP contribution in [0.3, 0.4) is 0 Å². The van der Waals surface area contributed by atoms with Crippen LogP contribution in [0.15, 0.2) is 12.5 Å². The predicted octanol–water partition coefficient (Wildman–Crippen LogP) is 2.96. The SMILES string of the molecule is CC(C)(C)n1ncc2c(N3CCCC4(CC4)C3)ncnc21. The summed E-state index contributed by atoms with van der Waals surface area (Å²) in [7, 11) is 0. The van der Waals surface area contributed by atoms with Crippen LogP contribution in [0.1, 0.15) is 46.5 Å². The largest absolute Gasteiger partial charge is 0.355 e. The van der Waals surface area contributed by atoms with Gasteiger partial charge in [0.25, 0.3) is 0 Å². The molecule has 1 saturated heterocycles. The van der Waals surface area contributed by atoms with Gasteiger partial charge in [-0.25, -0.2) is 14.6 Å². The Bertz CT molecular complexity index is 678. The molecule has 1 spiro atoms. The zero-order valence-corrected chi connectivity index (χ0v) is 13.1. The Morgan fingerprint density at radius 3 is 2.67 bits per heavy atom. The summed E-state index contributed by atoms with van der Waals surface area (Å²) in [4.78, 5) is 11.5. The van der Waals surface area contributed by atoms with Gasteiger partial charge in [-0.3, -0.25) is 0 Å². The molecule has 2 aromatic rings. The number of hydrogen-bond donors (Lipinski definition) is 0. The molecule has 4 rings (SSSR count). The molecule has 1 aliphatic heterocycles. The minimum absolute atomic E-state index is 0.0625. The number of rotatable bonds is 1. The second kappa shape index (κ2) is 4.18. The van der Waals surface area contributed by atoms with Crippen molar-refractivity contribution in [3.05, 3.63) is 12.5 Å². The van der Waals surface area contributed by atoms with Crippen molar-refractivity contribution in [3.8, 4) is 0 Å². The van der Waals surface area contributed by atoms with E-state index in [0.717, 1.165) is 29.9 Å². The molecule has 112 valence electrons. The van der Waals surface area contributed by atoms with E-state index in [-0.39, 0.29) is 5.54 Å². The van der Waals surface area contributed by atoms with E-state index in [1.807, 2.05) is 10.9 Å². The third-order valence-electron chi connectivity index (χ3n) is 4.90. The molecule has 0 bridgehead atoms. The molecule has 0 radical (unpaired) electrons. The number of hydrogen-bond acceptors (Lipinski definition) is 4. The third kappa shape index (κ3) is 2.10. The Morgan fingerprint density at radius 2 is 1.95 bits per heavy atom. The van der Waals surface area contributed by atoms with Crippen molar-refractivity contribution in [2.45, 2.75) is 52.0 Å². The maximum atomic E-state index is 4.58. The van der Waals surface area contributed by atoms with Crippen molar-refractivity contribution in [2.24, 2.45) is 5.41 Å². The van der Waals surface area contributed by atoms with Gasteiger partial charge in [0.05, 0.1) is 17.1 Å². The smallest absolute Gasteiger partial charge is 0.163 e. The quantitative estimate of drug-likeness (QED) is 0.808. The van der Waals surface area contributed by atoms with Gasteiger partial charge in [0.1, 0.15) is 12.1 Å². The zero-order chi connectivity index (χ0) is 14.7. The van der Waals surface area contributed by atoms with Crippen LogP contribution in [0, 0.1) is 5.41 Å². The van der Waals surface area contributed by atoms with Crippen LogP contribution >= 0.6 is 0 Å². The maximum Gasteiger partial charge on any atom is 0.163 e. The molecule has 21 heavy (non-hydrogen) atoms. The summed E-state index contributed by atoms with van der Waals surface area (Å²) in [6.07, 6.45) is 9.07. The summed E-state index contributed by atoms with van der Waals surface area (Å²) in [5, 5.41) is 5.65. The molecule has 2 aliphatic rings. The molecule has 2 fully saturated rings. The Hall–Kier alpha value is -1.65. The Balaban J connectivity index is 1.77. The number of fused-ring (bicyclic) bond motifs is 1. The van der Waals surface area contributed by atoms with Crippen molar-refractivity contribution in [3.63, 3.8) is 0 Å². The van der Waals surface area contributed by atoms with Crippen LogP contribution < -0.4 is 4.90 Å². The van der Waals surface area contributed by atoms with Crippen molar-refractivity contribution < 1.29 is 0 Å². The van der Waals surface area contributed by atoms with E-state index in [1.54, 1.807) is 6.33 Å². The second-order valence-electron chi connectivity index (χ2n) is 7.69. The van der Waals surface area contributed by atoms with Gasteiger partial charge in [-0.15, -0.1) is 0 Å². The van der Waals surface area contributed by atoms with Gasteiger partial charge in [-0.2, -0.15) is 5.10 Å². The highest BCUT2D eigenvalue weighted by atomic mass is 15.3. The van der Waals surface area contributed by atoms with Crippen molar-refractivity contribution in [1.29, 1.82) is 0 Å². The van der Waals surface area contributed by atoms with Crippen LogP contribution in [0.4, 0.5) is 5.82 Å². The number of nitrogens with zero attached hydrogens (tertiary/aromatic N) is 5. The second-order valence-corrected chi connectivity index (χ2v) is 7.69. The van der Waals surface area contributed by atoms with E-state index in [1.165, 1.54) is 25.7 Å². The topological polar surface area (TPSA) is 46.8 Å². The summed E-state index contributed by atoms with van der Waals surface area (Å²) in [5.74, 6) is 1.07. The highest BCUT2D eigenvalue weighted by Crippen LogP contribution is 2.52. The predicted molar refractivity (Wildman–Crippen MR) is 83.4 cm³/mol. The average Bonchev–Trinajstić information content (AvgIpc) is 3.02. The van der Waals surface area contributed by atoms with Crippen molar-refractivity contribution in [2.75, 3.05) is 18.0 Å². The molecule has 3 heterocycles. The molecule has 0 amide bonds. The van der Waals surface area contributed by atoms with Gasteiger partial charge in [0, 0.05) is 13.1 Å². The van der Waals surface area contributed by atoms with Crippen LogP contribution in [-0.2, 0) is 5.54 Å². The Labute approximate surface area is 125 Å². The lowest BCUT2D eigenvalue weighted by atomic mass is 9.95. The Morgan fingerprint density at radius 1 is 1.14 bits per heavy atom. The first-order valence-electron chi connectivity index (χ1n) is 7.93. The number of aromatic nitrogens is 4. The standard InChI is InChI=1S/C16H23N5/c1-15(2,3)21-14-12(9-19-21)13(17-11-18-14)20-8-4-5-16(10-20)6-7-16/h9,11H,4-8,10H2,1-3H3. The van der Waals surface area contributed by atoms with Gasteiger partial charge in [0.15, 0.2) is 5.65 Å². The van der Waals surface area contributed by atoms with E-state index < -0.39 is 0 Å². The maximum absolute atomic E-state index is 4.58.